The molecule has 0 amide bonds. The third-order valence-electron chi connectivity index (χ3n) is 2.23. The molecule has 2 heterocycles. The summed E-state index contributed by atoms with van der Waals surface area (Å²) in [6.45, 7) is 6.28. The summed E-state index contributed by atoms with van der Waals surface area (Å²) in [6.07, 6.45) is 3.32. The van der Waals surface area contributed by atoms with E-state index in [1.807, 2.05) is 10.6 Å². The van der Waals surface area contributed by atoms with Crippen LogP contribution in [0.1, 0.15) is 20.8 Å². The Morgan fingerprint density at radius 2 is 2.00 bits per heavy atom. The van der Waals surface area contributed by atoms with Crippen LogP contribution in [0, 0.1) is 0 Å². The van der Waals surface area contributed by atoms with E-state index in [9.17, 15) is 0 Å². The van der Waals surface area contributed by atoms with E-state index in [1.54, 1.807) is 18.6 Å². The van der Waals surface area contributed by atoms with Crippen LogP contribution in [0.4, 0.5) is 0 Å². The Hall–Kier alpha value is -1.42. The maximum atomic E-state index is 5.80. The molecule has 0 saturated carbocycles. The highest BCUT2D eigenvalue weighted by molar-refractivity contribution is 6.30. The molecule has 4 nitrogen and oxygen atoms in total. The number of rotatable bonds is 1. The molecule has 0 aliphatic heterocycles. The Morgan fingerprint density at radius 3 is 2.56 bits per heavy atom. The second-order valence-electron chi connectivity index (χ2n) is 4.56. The van der Waals surface area contributed by atoms with Gasteiger partial charge in [-0.2, -0.15) is 0 Å². The zero-order valence-electron chi connectivity index (χ0n) is 9.48. The van der Waals surface area contributed by atoms with E-state index in [1.165, 1.54) is 0 Å². The van der Waals surface area contributed by atoms with Crippen molar-refractivity contribution >= 4 is 11.6 Å². The minimum atomic E-state index is -0.0693. The molecule has 2 rings (SSSR count). The average molecular weight is 237 g/mol. The normalized spacial score (nSPS) is 11.8. The summed E-state index contributed by atoms with van der Waals surface area (Å²) in [4.78, 5) is 4.24. The monoisotopic (exact) mass is 236 g/mol. The van der Waals surface area contributed by atoms with Crippen molar-refractivity contribution in [1.29, 1.82) is 0 Å². The molecule has 0 aliphatic carbocycles. The predicted octanol–water partition coefficient (Wildman–Crippen LogP) is 2.75. The Labute approximate surface area is 99.3 Å². The van der Waals surface area contributed by atoms with Crippen molar-refractivity contribution in [2.24, 2.45) is 0 Å². The molecule has 0 saturated heterocycles. The van der Waals surface area contributed by atoms with E-state index in [0.29, 0.717) is 5.02 Å². The number of hydrogen-bond acceptors (Lipinski definition) is 3. The summed E-state index contributed by atoms with van der Waals surface area (Å²) < 4.78 is 1.99. The quantitative estimate of drug-likeness (QED) is 0.765. The summed E-state index contributed by atoms with van der Waals surface area (Å²) >= 11 is 5.80. The van der Waals surface area contributed by atoms with E-state index in [4.69, 9.17) is 11.6 Å². The summed E-state index contributed by atoms with van der Waals surface area (Å²) in [5.74, 6) is 0.754. The third-order valence-corrected chi connectivity index (χ3v) is 2.45. The van der Waals surface area contributed by atoms with Gasteiger partial charge in [0.25, 0.3) is 0 Å². The van der Waals surface area contributed by atoms with Crippen molar-refractivity contribution < 1.29 is 0 Å². The molecule has 0 aliphatic rings. The van der Waals surface area contributed by atoms with E-state index < -0.39 is 0 Å². The van der Waals surface area contributed by atoms with Gasteiger partial charge in [-0.1, -0.05) is 11.6 Å². The van der Waals surface area contributed by atoms with Crippen LogP contribution in [0.15, 0.2) is 24.7 Å². The first-order valence-electron chi connectivity index (χ1n) is 5.01. The maximum Gasteiger partial charge on any atom is 0.182 e. The molecule has 2 aromatic heterocycles. The molecule has 0 spiro atoms. The van der Waals surface area contributed by atoms with Gasteiger partial charge < -0.3 is 4.57 Å². The van der Waals surface area contributed by atoms with Crippen molar-refractivity contribution in [2.45, 2.75) is 26.3 Å². The lowest BCUT2D eigenvalue weighted by Crippen LogP contribution is -2.22. The fourth-order valence-electron chi connectivity index (χ4n) is 1.41. The summed E-state index contributed by atoms with van der Waals surface area (Å²) in [5.41, 5.74) is 0.706. The van der Waals surface area contributed by atoms with Gasteiger partial charge in [0.1, 0.15) is 12.0 Å². The molecule has 0 radical (unpaired) electrons. The topological polar surface area (TPSA) is 43.6 Å². The molecule has 0 unspecified atom stereocenters. The van der Waals surface area contributed by atoms with Crippen LogP contribution >= 0.6 is 11.6 Å². The zero-order chi connectivity index (χ0) is 11.8. The summed E-state index contributed by atoms with van der Waals surface area (Å²) in [6, 6.07) is 3.64. The van der Waals surface area contributed by atoms with Crippen LogP contribution in [0.5, 0.6) is 0 Å². The first-order chi connectivity index (χ1) is 7.48. The Bertz CT molecular complexity index is 481. The van der Waals surface area contributed by atoms with Gasteiger partial charge in [-0.25, -0.2) is 0 Å². The van der Waals surface area contributed by atoms with Crippen LogP contribution in [0.3, 0.4) is 0 Å². The largest absolute Gasteiger partial charge is 0.307 e. The molecule has 0 atom stereocenters. The Balaban J connectivity index is 2.49. The minimum Gasteiger partial charge on any atom is -0.307 e. The van der Waals surface area contributed by atoms with Gasteiger partial charge in [0.2, 0.25) is 0 Å². The molecule has 0 aromatic carbocycles. The number of hydrogen-bond donors (Lipinski definition) is 0. The van der Waals surface area contributed by atoms with Crippen molar-refractivity contribution in [1.82, 2.24) is 19.7 Å². The molecular formula is C11H13ClN4. The standard InChI is InChI=1S/C11H13ClN4/c1-11(2,3)16-7-14-15-10(16)9-5-4-8(12)6-13-9/h4-7H,1-3H3. The smallest absolute Gasteiger partial charge is 0.182 e. The molecule has 2 aromatic rings. The van der Waals surface area contributed by atoms with E-state index in [-0.39, 0.29) is 5.54 Å². The summed E-state index contributed by atoms with van der Waals surface area (Å²) in [7, 11) is 0. The van der Waals surface area contributed by atoms with Gasteiger partial charge in [-0.05, 0) is 32.9 Å². The van der Waals surface area contributed by atoms with Gasteiger partial charge in [-0.15, -0.1) is 10.2 Å². The average Bonchev–Trinajstić information content (AvgIpc) is 2.66. The third kappa shape index (κ3) is 2.07. The van der Waals surface area contributed by atoms with Gasteiger partial charge in [0.05, 0.1) is 5.02 Å². The second kappa shape index (κ2) is 3.87. The van der Waals surface area contributed by atoms with Crippen LogP contribution in [0.2, 0.25) is 5.02 Å². The molecule has 0 N–H and O–H groups in total. The molecular weight excluding hydrogens is 224 g/mol. The molecule has 0 fully saturated rings. The highest BCUT2D eigenvalue weighted by Crippen LogP contribution is 2.22. The van der Waals surface area contributed by atoms with Crippen molar-refractivity contribution in [3.63, 3.8) is 0 Å². The fourth-order valence-corrected chi connectivity index (χ4v) is 1.52. The lowest BCUT2D eigenvalue weighted by Gasteiger charge is -2.21. The SMILES string of the molecule is CC(C)(C)n1cnnc1-c1ccc(Cl)cn1. The van der Waals surface area contributed by atoms with Crippen LogP contribution in [-0.2, 0) is 5.54 Å². The summed E-state index contributed by atoms with van der Waals surface area (Å²) in [5, 5.41) is 8.63. The van der Waals surface area contributed by atoms with Crippen molar-refractivity contribution in [2.75, 3.05) is 0 Å². The highest BCUT2D eigenvalue weighted by Gasteiger charge is 2.19. The number of nitrogens with zero attached hydrogens (tertiary/aromatic N) is 4. The zero-order valence-corrected chi connectivity index (χ0v) is 10.2. The van der Waals surface area contributed by atoms with Gasteiger partial charge >= 0.3 is 0 Å². The minimum absolute atomic E-state index is 0.0693. The highest BCUT2D eigenvalue weighted by atomic mass is 35.5. The van der Waals surface area contributed by atoms with E-state index in [2.05, 4.69) is 36.0 Å². The molecule has 16 heavy (non-hydrogen) atoms. The van der Waals surface area contributed by atoms with Crippen LogP contribution < -0.4 is 0 Å². The van der Waals surface area contributed by atoms with Gasteiger partial charge in [-0.3, -0.25) is 4.98 Å². The first kappa shape index (κ1) is 11.1. The molecule has 84 valence electrons. The van der Waals surface area contributed by atoms with Crippen molar-refractivity contribution in [3.05, 3.63) is 29.7 Å². The lowest BCUT2D eigenvalue weighted by molar-refractivity contribution is 0.399. The number of aromatic nitrogens is 4. The Kier molecular flexibility index (Phi) is 2.68. The Morgan fingerprint density at radius 1 is 1.25 bits per heavy atom. The fraction of sp³-hybridized carbons (Fsp3) is 0.364. The van der Waals surface area contributed by atoms with Gasteiger partial charge in [0, 0.05) is 11.7 Å². The van der Waals surface area contributed by atoms with Gasteiger partial charge in [0.15, 0.2) is 5.82 Å². The molecule has 5 heteroatoms. The number of pyridine rings is 1. The predicted molar refractivity (Wildman–Crippen MR) is 63.3 cm³/mol. The number of halogens is 1. The van der Waals surface area contributed by atoms with Crippen molar-refractivity contribution in [3.8, 4) is 11.5 Å². The maximum absolute atomic E-state index is 5.80. The van der Waals surface area contributed by atoms with Crippen LogP contribution in [0.25, 0.3) is 11.5 Å². The van der Waals surface area contributed by atoms with E-state index >= 15 is 0 Å². The first-order valence-corrected chi connectivity index (χ1v) is 5.39. The lowest BCUT2D eigenvalue weighted by atomic mass is 10.1. The second-order valence-corrected chi connectivity index (χ2v) is 4.99. The molecule has 0 bridgehead atoms. The van der Waals surface area contributed by atoms with Crippen LogP contribution in [-0.4, -0.2) is 19.7 Å². The van der Waals surface area contributed by atoms with E-state index in [0.717, 1.165) is 11.5 Å².